The average Bonchev–Trinajstić information content (AvgIpc) is 2.57. The SMILES string of the molecule is CCOc1cc(C#N)cc(Br)c1OC(=O)c1ccc(Cl)c([N+](=O)[O-])c1. The Morgan fingerprint density at radius 1 is 1.40 bits per heavy atom. The van der Waals surface area contributed by atoms with Crippen LogP contribution in [0.25, 0.3) is 0 Å². The number of hydrogen-bond donors (Lipinski definition) is 0. The minimum atomic E-state index is -0.828. The maximum atomic E-state index is 12.3. The predicted molar refractivity (Wildman–Crippen MR) is 93.1 cm³/mol. The molecule has 0 unspecified atom stereocenters. The first-order chi connectivity index (χ1) is 11.9. The van der Waals surface area contributed by atoms with Crippen LogP contribution in [0.1, 0.15) is 22.8 Å². The van der Waals surface area contributed by atoms with Gasteiger partial charge in [-0.05, 0) is 41.1 Å². The summed E-state index contributed by atoms with van der Waals surface area (Å²) in [5.74, 6) is -0.556. The molecule has 0 aliphatic carbocycles. The molecule has 0 aliphatic rings. The Morgan fingerprint density at radius 2 is 2.12 bits per heavy atom. The van der Waals surface area contributed by atoms with Crippen molar-refractivity contribution in [3.8, 4) is 17.6 Å². The number of benzene rings is 2. The summed E-state index contributed by atoms with van der Waals surface area (Å²) in [7, 11) is 0. The maximum absolute atomic E-state index is 12.3. The number of halogens is 2. The Balaban J connectivity index is 2.40. The number of nitrogens with zero attached hydrogens (tertiary/aromatic N) is 2. The van der Waals surface area contributed by atoms with E-state index in [1.165, 1.54) is 24.3 Å². The quantitative estimate of drug-likeness (QED) is 0.302. The molecule has 2 rings (SSSR count). The molecular formula is C16H10BrClN2O5. The Bertz CT molecular complexity index is 895. The number of esters is 1. The first kappa shape index (κ1) is 18.7. The molecule has 0 aromatic heterocycles. The van der Waals surface area contributed by atoms with Crippen molar-refractivity contribution in [3.63, 3.8) is 0 Å². The van der Waals surface area contributed by atoms with Crippen molar-refractivity contribution in [2.45, 2.75) is 6.92 Å². The molecule has 0 fully saturated rings. The van der Waals surface area contributed by atoms with Gasteiger partial charge in [0.2, 0.25) is 0 Å². The molecule has 2 aromatic rings. The van der Waals surface area contributed by atoms with E-state index in [4.69, 9.17) is 26.3 Å². The van der Waals surface area contributed by atoms with Gasteiger partial charge in [0.1, 0.15) is 5.02 Å². The van der Waals surface area contributed by atoms with E-state index in [0.29, 0.717) is 10.0 Å². The molecule has 128 valence electrons. The second kappa shape index (κ2) is 7.96. The van der Waals surface area contributed by atoms with Crippen LogP contribution in [0.4, 0.5) is 5.69 Å². The summed E-state index contributed by atoms with van der Waals surface area (Å²) in [6.45, 7) is 2.03. The molecule has 0 amide bonds. The molecule has 0 spiro atoms. The molecule has 0 atom stereocenters. The van der Waals surface area contributed by atoms with Crippen LogP contribution in [-0.4, -0.2) is 17.5 Å². The number of nitro groups is 1. The number of hydrogen-bond acceptors (Lipinski definition) is 6. The lowest BCUT2D eigenvalue weighted by atomic mass is 10.2. The van der Waals surface area contributed by atoms with Crippen molar-refractivity contribution in [2.24, 2.45) is 0 Å². The lowest BCUT2D eigenvalue weighted by Gasteiger charge is -2.13. The lowest BCUT2D eigenvalue weighted by molar-refractivity contribution is -0.384. The predicted octanol–water partition coefficient (Wildman–Crippen LogP) is 4.50. The summed E-state index contributed by atoms with van der Waals surface area (Å²) in [5.41, 5.74) is -0.132. The fraction of sp³-hybridized carbons (Fsp3) is 0.125. The topological polar surface area (TPSA) is 102 Å². The number of rotatable bonds is 5. The van der Waals surface area contributed by atoms with Gasteiger partial charge in [-0.3, -0.25) is 10.1 Å². The van der Waals surface area contributed by atoms with E-state index in [1.54, 1.807) is 6.92 Å². The van der Waals surface area contributed by atoms with E-state index in [2.05, 4.69) is 15.9 Å². The second-order valence-corrected chi connectivity index (χ2v) is 5.90. The van der Waals surface area contributed by atoms with E-state index < -0.39 is 16.6 Å². The summed E-state index contributed by atoms with van der Waals surface area (Å²) in [5, 5.41) is 19.8. The normalized spacial score (nSPS) is 10.0. The van der Waals surface area contributed by atoms with Gasteiger partial charge >= 0.3 is 5.97 Å². The minimum absolute atomic E-state index is 0.0465. The van der Waals surface area contributed by atoms with Crippen LogP contribution in [0.3, 0.4) is 0 Å². The van der Waals surface area contributed by atoms with Crippen molar-refractivity contribution >= 4 is 39.2 Å². The van der Waals surface area contributed by atoms with Gasteiger partial charge in [0.05, 0.1) is 33.2 Å². The van der Waals surface area contributed by atoms with Gasteiger partial charge in [-0.2, -0.15) is 5.26 Å². The van der Waals surface area contributed by atoms with E-state index in [0.717, 1.165) is 6.07 Å². The zero-order chi connectivity index (χ0) is 18.6. The molecule has 0 bridgehead atoms. The third-order valence-electron chi connectivity index (χ3n) is 3.01. The Labute approximate surface area is 156 Å². The molecule has 0 heterocycles. The van der Waals surface area contributed by atoms with Gasteiger partial charge in [-0.25, -0.2) is 4.79 Å². The highest BCUT2D eigenvalue weighted by atomic mass is 79.9. The van der Waals surface area contributed by atoms with Gasteiger partial charge in [0.25, 0.3) is 5.69 Å². The highest BCUT2D eigenvalue weighted by Crippen LogP contribution is 2.37. The van der Waals surface area contributed by atoms with E-state index in [-0.39, 0.29) is 28.7 Å². The molecule has 2 aromatic carbocycles. The van der Waals surface area contributed by atoms with Gasteiger partial charge in [0, 0.05) is 12.1 Å². The number of nitriles is 1. The van der Waals surface area contributed by atoms with Crippen molar-refractivity contribution in [1.29, 1.82) is 5.26 Å². The monoisotopic (exact) mass is 424 g/mol. The number of nitro benzene ring substituents is 1. The molecule has 0 saturated heterocycles. The standard InChI is InChI=1S/C16H10BrClN2O5/c1-2-24-14-6-9(8-19)5-11(17)15(14)25-16(21)10-3-4-12(18)13(7-10)20(22)23/h3-7H,2H2,1H3. The number of carbonyl (C=O) groups is 1. The number of carbonyl (C=O) groups excluding carboxylic acids is 1. The van der Waals surface area contributed by atoms with Gasteiger partial charge < -0.3 is 9.47 Å². The molecule has 0 N–H and O–H groups in total. The third-order valence-corrected chi connectivity index (χ3v) is 3.92. The van der Waals surface area contributed by atoms with Crippen molar-refractivity contribution in [3.05, 3.63) is 61.1 Å². The third kappa shape index (κ3) is 4.26. The van der Waals surface area contributed by atoms with Gasteiger partial charge in [-0.15, -0.1) is 0 Å². The summed E-state index contributed by atoms with van der Waals surface area (Å²) in [4.78, 5) is 22.6. The number of ether oxygens (including phenoxy) is 2. The Kier molecular flexibility index (Phi) is 5.96. The second-order valence-electron chi connectivity index (χ2n) is 4.64. The van der Waals surface area contributed by atoms with Crippen LogP contribution < -0.4 is 9.47 Å². The van der Waals surface area contributed by atoms with Crippen LogP contribution in [0.5, 0.6) is 11.5 Å². The molecule has 25 heavy (non-hydrogen) atoms. The van der Waals surface area contributed by atoms with Crippen LogP contribution in [0.2, 0.25) is 5.02 Å². The van der Waals surface area contributed by atoms with Crippen LogP contribution in [0.15, 0.2) is 34.8 Å². The molecular weight excluding hydrogens is 416 g/mol. The zero-order valence-electron chi connectivity index (χ0n) is 12.8. The zero-order valence-corrected chi connectivity index (χ0v) is 15.1. The molecule has 0 saturated carbocycles. The maximum Gasteiger partial charge on any atom is 0.343 e. The van der Waals surface area contributed by atoms with Crippen molar-refractivity contribution in [1.82, 2.24) is 0 Å². The molecule has 0 aliphatic heterocycles. The van der Waals surface area contributed by atoms with E-state index >= 15 is 0 Å². The van der Waals surface area contributed by atoms with Gasteiger partial charge in [-0.1, -0.05) is 11.6 Å². The summed E-state index contributed by atoms with van der Waals surface area (Å²) < 4.78 is 11.0. The fourth-order valence-corrected chi connectivity index (χ4v) is 2.64. The van der Waals surface area contributed by atoms with E-state index in [9.17, 15) is 14.9 Å². The Morgan fingerprint density at radius 3 is 2.72 bits per heavy atom. The molecule has 0 radical (unpaired) electrons. The van der Waals surface area contributed by atoms with Crippen LogP contribution in [-0.2, 0) is 0 Å². The van der Waals surface area contributed by atoms with Crippen LogP contribution in [0, 0.1) is 21.4 Å². The Hall–Kier alpha value is -2.63. The lowest BCUT2D eigenvalue weighted by Crippen LogP contribution is -2.11. The average molecular weight is 426 g/mol. The highest BCUT2D eigenvalue weighted by Gasteiger charge is 2.21. The fourth-order valence-electron chi connectivity index (χ4n) is 1.93. The summed E-state index contributed by atoms with van der Waals surface area (Å²) >= 11 is 8.95. The van der Waals surface area contributed by atoms with Crippen LogP contribution >= 0.6 is 27.5 Å². The molecule has 9 heteroatoms. The summed E-state index contributed by atoms with van der Waals surface area (Å²) in [6.07, 6.45) is 0. The van der Waals surface area contributed by atoms with Crippen molar-refractivity contribution < 1.29 is 19.2 Å². The first-order valence-electron chi connectivity index (χ1n) is 6.90. The van der Waals surface area contributed by atoms with E-state index in [1.807, 2.05) is 6.07 Å². The summed E-state index contributed by atoms with van der Waals surface area (Å²) in [6, 6.07) is 8.45. The minimum Gasteiger partial charge on any atom is -0.490 e. The van der Waals surface area contributed by atoms with Gasteiger partial charge in [0.15, 0.2) is 11.5 Å². The first-order valence-corrected chi connectivity index (χ1v) is 8.07. The smallest absolute Gasteiger partial charge is 0.343 e. The van der Waals surface area contributed by atoms with Crippen molar-refractivity contribution in [2.75, 3.05) is 6.61 Å². The highest BCUT2D eigenvalue weighted by molar-refractivity contribution is 9.10. The largest absolute Gasteiger partial charge is 0.490 e. The molecule has 7 nitrogen and oxygen atoms in total.